The summed E-state index contributed by atoms with van der Waals surface area (Å²) in [7, 11) is 3.33. The van der Waals surface area contributed by atoms with Crippen molar-refractivity contribution in [1.29, 1.82) is 0 Å². The smallest absolute Gasteiger partial charge is 0.225 e. The standard InChI is InChI=1S/C19H22ClNO4/c1-21(12-14-24-16-9-7-15(20)8-10-16)19(22)11-13-25-18-6-4-3-5-17(18)23-2/h3-10H,11-14H2,1-2H3. The summed E-state index contributed by atoms with van der Waals surface area (Å²) in [6.07, 6.45) is 0.287. The fraction of sp³-hybridized carbons (Fsp3) is 0.316. The number of hydrogen-bond donors (Lipinski definition) is 0. The molecule has 2 aromatic rings. The number of likely N-dealkylation sites (N-methyl/N-ethyl adjacent to an activating group) is 1. The molecule has 0 aliphatic heterocycles. The topological polar surface area (TPSA) is 48.0 Å². The lowest BCUT2D eigenvalue weighted by Crippen LogP contribution is -2.31. The van der Waals surface area contributed by atoms with Crippen molar-refractivity contribution < 1.29 is 19.0 Å². The summed E-state index contributed by atoms with van der Waals surface area (Å²) in [4.78, 5) is 13.7. The summed E-state index contributed by atoms with van der Waals surface area (Å²) in [5.74, 6) is 2.01. The van der Waals surface area contributed by atoms with E-state index in [0.717, 1.165) is 5.75 Å². The fourth-order valence-corrected chi connectivity index (χ4v) is 2.26. The molecule has 0 heterocycles. The summed E-state index contributed by atoms with van der Waals surface area (Å²) in [5, 5.41) is 0.662. The Kier molecular flexibility index (Phi) is 7.41. The number of rotatable bonds is 9. The minimum atomic E-state index is -0.00500. The molecule has 2 rings (SSSR count). The Labute approximate surface area is 153 Å². The number of benzene rings is 2. The number of carbonyl (C=O) groups is 1. The Morgan fingerprint density at radius 3 is 2.36 bits per heavy atom. The number of methoxy groups -OCH3 is 1. The van der Waals surface area contributed by atoms with Gasteiger partial charge in [0.05, 0.1) is 26.7 Å². The first-order chi connectivity index (χ1) is 12.1. The lowest BCUT2D eigenvalue weighted by Gasteiger charge is -2.18. The average Bonchev–Trinajstić information content (AvgIpc) is 2.63. The molecular weight excluding hydrogens is 342 g/mol. The molecule has 1 amide bonds. The van der Waals surface area contributed by atoms with Crippen molar-refractivity contribution in [3.05, 3.63) is 53.6 Å². The predicted molar refractivity (Wildman–Crippen MR) is 97.7 cm³/mol. The van der Waals surface area contributed by atoms with Gasteiger partial charge < -0.3 is 19.1 Å². The molecule has 134 valence electrons. The number of para-hydroxylation sites is 2. The molecule has 0 aromatic heterocycles. The van der Waals surface area contributed by atoms with Crippen molar-refractivity contribution in [2.24, 2.45) is 0 Å². The molecular formula is C19H22ClNO4. The second-order valence-electron chi connectivity index (χ2n) is 5.37. The van der Waals surface area contributed by atoms with E-state index in [-0.39, 0.29) is 12.3 Å². The van der Waals surface area contributed by atoms with Gasteiger partial charge in [0.25, 0.3) is 0 Å². The number of carbonyl (C=O) groups excluding carboxylic acids is 1. The van der Waals surface area contributed by atoms with Crippen LogP contribution in [-0.2, 0) is 4.79 Å². The first-order valence-corrected chi connectivity index (χ1v) is 8.36. The molecule has 0 unspecified atom stereocenters. The van der Waals surface area contributed by atoms with Crippen molar-refractivity contribution in [3.63, 3.8) is 0 Å². The molecule has 0 radical (unpaired) electrons. The van der Waals surface area contributed by atoms with Crippen LogP contribution in [0.1, 0.15) is 6.42 Å². The van der Waals surface area contributed by atoms with Crippen LogP contribution in [0.2, 0.25) is 5.02 Å². The van der Waals surface area contributed by atoms with E-state index >= 15 is 0 Å². The third kappa shape index (κ3) is 6.19. The molecule has 25 heavy (non-hydrogen) atoms. The zero-order valence-corrected chi connectivity index (χ0v) is 15.2. The van der Waals surface area contributed by atoms with E-state index in [1.54, 1.807) is 43.3 Å². The van der Waals surface area contributed by atoms with Gasteiger partial charge in [-0.2, -0.15) is 0 Å². The molecule has 2 aromatic carbocycles. The molecule has 0 saturated carbocycles. The zero-order chi connectivity index (χ0) is 18.1. The summed E-state index contributed by atoms with van der Waals surface area (Å²) < 4.78 is 16.4. The van der Waals surface area contributed by atoms with Crippen LogP contribution in [0.5, 0.6) is 17.2 Å². The van der Waals surface area contributed by atoms with Crippen molar-refractivity contribution in [1.82, 2.24) is 4.90 Å². The lowest BCUT2D eigenvalue weighted by atomic mass is 10.3. The highest BCUT2D eigenvalue weighted by Gasteiger charge is 2.10. The van der Waals surface area contributed by atoms with Crippen LogP contribution in [0.3, 0.4) is 0 Å². The minimum absolute atomic E-state index is 0.00500. The number of amides is 1. The monoisotopic (exact) mass is 363 g/mol. The predicted octanol–water partition coefficient (Wildman–Crippen LogP) is 3.65. The zero-order valence-electron chi connectivity index (χ0n) is 14.4. The van der Waals surface area contributed by atoms with E-state index < -0.39 is 0 Å². The molecule has 0 bridgehead atoms. The Hall–Kier alpha value is -2.40. The van der Waals surface area contributed by atoms with Crippen molar-refractivity contribution in [2.45, 2.75) is 6.42 Å². The van der Waals surface area contributed by atoms with Crippen LogP contribution in [0.4, 0.5) is 0 Å². The van der Waals surface area contributed by atoms with Gasteiger partial charge in [0.2, 0.25) is 5.91 Å². The van der Waals surface area contributed by atoms with Crippen LogP contribution >= 0.6 is 11.6 Å². The number of nitrogens with zero attached hydrogens (tertiary/aromatic N) is 1. The van der Waals surface area contributed by atoms with Gasteiger partial charge in [0.15, 0.2) is 11.5 Å². The average molecular weight is 364 g/mol. The fourth-order valence-electron chi connectivity index (χ4n) is 2.13. The minimum Gasteiger partial charge on any atom is -0.493 e. The SMILES string of the molecule is COc1ccccc1OCCC(=O)N(C)CCOc1ccc(Cl)cc1. The van der Waals surface area contributed by atoms with E-state index in [1.165, 1.54) is 0 Å². The highest BCUT2D eigenvalue weighted by molar-refractivity contribution is 6.30. The third-order valence-corrected chi connectivity index (χ3v) is 3.83. The molecule has 5 nitrogen and oxygen atoms in total. The van der Waals surface area contributed by atoms with E-state index in [9.17, 15) is 4.79 Å². The van der Waals surface area contributed by atoms with Crippen LogP contribution < -0.4 is 14.2 Å². The molecule has 0 N–H and O–H groups in total. The lowest BCUT2D eigenvalue weighted by molar-refractivity contribution is -0.130. The largest absolute Gasteiger partial charge is 0.493 e. The van der Waals surface area contributed by atoms with Gasteiger partial charge >= 0.3 is 0 Å². The molecule has 0 atom stereocenters. The third-order valence-electron chi connectivity index (χ3n) is 3.58. The first kappa shape index (κ1) is 18.9. The number of ether oxygens (including phenoxy) is 3. The van der Waals surface area contributed by atoms with Gasteiger partial charge in [0.1, 0.15) is 12.4 Å². The van der Waals surface area contributed by atoms with Crippen LogP contribution in [-0.4, -0.2) is 44.7 Å². The maximum Gasteiger partial charge on any atom is 0.225 e. The highest BCUT2D eigenvalue weighted by atomic mass is 35.5. The van der Waals surface area contributed by atoms with Crippen LogP contribution in [0.15, 0.2) is 48.5 Å². The van der Waals surface area contributed by atoms with E-state index in [0.29, 0.717) is 36.3 Å². The molecule has 0 aliphatic carbocycles. The normalized spacial score (nSPS) is 10.2. The molecule has 0 fully saturated rings. The van der Waals surface area contributed by atoms with Crippen molar-refractivity contribution in [2.75, 3.05) is 33.9 Å². The molecule has 0 aliphatic rings. The number of halogens is 1. The summed E-state index contributed by atoms with van der Waals surface area (Å²) in [5.41, 5.74) is 0. The Balaban J connectivity index is 1.68. The second-order valence-corrected chi connectivity index (χ2v) is 5.80. The van der Waals surface area contributed by atoms with Gasteiger partial charge in [-0.3, -0.25) is 4.79 Å². The van der Waals surface area contributed by atoms with E-state index in [1.807, 2.05) is 24.3 Å². The molecule has 6 heteroatoms. The Bertz CT molecular complexity index is 675. The van der Waals surface area contributed by atoms with Crippen molar-refractivity contribution in [3.8, 4) is 17.2 Å². The van der Waals surface area contributed by atoms with Gasteiger partial charge in [-0.15, -0.1) is 0 Å². The van der Waals surface area contributed by atoms with Gasteiger partial charge in [0, 0.05) is 12.1 Å². The van der Waals surface area contributed by atoms with Gasteiger partial charge in [-0.1, -0.05) is 23.7 Å². The van der Waals surface area contributed by atoms with E-state index in [2.05, 4.69) is 0 Å². The maximum absolute atomic E-state index is 12.1. The maximum atomic E-state index is 12.1. The van der Waals surface area contributed by atoms with Crippen LogP contribution in [0.25, 0.3) is 0 Å². The quantitative estimate of drug-likeness (QED) is 0.682. The summed E-state index contributed by atoms with van der Waals surface area (Å²) >= 11 is 5.82. The van der Waals surface area contributed by atoms with Gasteiger partial charge in [-0.05, 0) is 36.4 Å². The molecule has 0 spiro atoms. The van der Waals surface area contributed by atoms with Gasteiger partial charge in [-0.25, -0.2) is 0 Å². The van der Waals surface area contributed by atoms with Crippen molar-refractivity contribution >= 4 is 17.5 Å². The second kappa shape index (κ2) is 9.79. The number of hydrogen-bond acceptors (Lipinski definition) is 4. The Morgan fingerprint density at radius 2 is 1.68 bits per heavy atom. The highest BCUT2D eigenvalue weighted by Crippen LogP contribution is 2.25. The summed E-state index contributed by atoms with van der Waals surface area (Å²) in [6.45, 7) is 1.20. The summed E-state index contributed by atoms with van der Waals surface area (Å²) in [6, 6.07) is 14.5. The van der Waals surface area contributed by atoms with E-state index in [4.69, 9.17) is 25.8 Å². The Morgan fingerprint density at radius 1 is 1.00 bits per heavy atom. The van der Waals surface area contributed by atoms with Crippen LogP contribution in [0, 0.1) is 0 Å². The molecule has 0 saturated heterocycles. The first-order valence-electron chi connectivity index (χ1n) is 7.98.